The highest BCUT2D eigenvalue weighted by atomic mass is 16.5. The predicted octanol–water partition coefficient (Wildman–Crippen LogP) is 3.70. The number of methoxy groups -OCH3 is 1. The molecule has 0 saturated carbocycles. The van der Waals surface area contributed by atoms with E-state index in [9.17, 15) is 9.59 Å². The Kier molecular flexibility index (Phi) is 7.64. The summed E-state index contributed by atoms with van der Waals surface area (Å²) < 4.78 is 10.5. The zero-order chi connectivity index (χ0) is 18.8. The average molecular weight is 356 g/mol. The van der Waals surface area contributed by atoms with E-state index in [1.54, 1.807) is 49.6 Å². The first kappa shape index (κ1) is 19.5. The number of nitrogens with one attached hydrogen (secondary N) is 2. The van der Waals surface area contributed by atoms with Crippen LogP contribution in [0.15, 0.2) is 48.5 Å². The number of ether oxygens (including phenoxy) is 2. The van der Waals surface area contributed by atoms with Crippen molar-refractivity contribution in [3.05, 3.63) is 54.1 Å². The lowest BCUT2D eigenvalue weighted by molar-refractivity contribution is -0.116. The van der Waals surface area contributed by atoms with Crippen molar-refractivity contribution in [2.75, 3.05) is 31.0 Å². The molecular formula is C20H24N2O4. The Morgan fingerprint density at radius 1 is 0.923 bits per heavy atom. The zero-order valence-corrected chi connectivity index (χ0v) is 15.1. The van der Waals surface area contributed by atoms with Gasteiger partial charge in [0.2, 0.25) is 5.91 Å². The van der Waals surface area contributed by atoms with Crippen LogP contribution in [0.3, 0.4) is 0 Å². The molecule has 2 aromatic rings. The third kappa shape index (κ3) is 5.89. The summed E-state index contributed by atoms with van der Waals surface area (Å²) in [4.78, 5) is 24.1. The lowest BCUT2D eigenvalue weighted by Gasteiger charge is -2.12. The van der Waals surface area contributed by atoms with Gasteiger partial charge in [0.05, 0.1) is 12.2 Å². The molecule has 2 rings (SSSR count). The van der Waals surface area contributed by atoms with Gasteiger partial charge >= 0.3 is 0 Å². The first-order valence-electron chi connectivity index (χ1n) is 8.56. The van der Waals surface area contributed by atoms with E-state index in [4.69, 9.17) is 9.47 Å². The van der Waals surface area contributed by atoms with E-state index >= 15 is 0 Å². The minimum Gasteiger partial charge on any atom is -0.490 e. The van der Waals surface area contributed by atoms with Crippen molar-refractivity contribution >= 4 is 23.2 Å². The van der Waals surface area contributed by atoms with Crippen molar-refractivity contribution in [2.24, 2.45) is 0 Å². The van der Waals surface area contributed by atoms with Crippen molar-refractivity contribution < 1.29 is 19.1 Å². The minimum absolute atomic E-state index is 0.0218. The fraction of sp³-hybridized carbons (Fsp3) is 0.300. The maximum atomic E-state index is 12.5. The summed E-state index contributed by atoms with van der Waals surface area (Å²) in [5.41, 5.74) is 1.78. The molecule has 0 aliphatic rings. The molecule has 2 N–H and O–H groups in total. The van der Waals surface area contributed by atoms with E-state index in [2.05, 4.69) is 10.6 Å². The van der Waals surface area contributed by atoms with Crippen LogP contribution in [0.5, 0.6) is 5.75 Å². The number of hydrogen-bond acceptors (Lipinski definition) is 4. The maximum Gasteiger partial charge on any atom is 0.259 e. The summed E-state index contributed by atoms with van der Waals surface area (Å²) in [5.74, 6) is 0.220. The lowest BCUT2D eigenvalue weighted by atomic mass is 10.1. The van der Waals surface area contributed by atoms with Gasteiger partial charge in [-0.15, -0.1) is 0 Å². The van der Waals surface area contributed by atoms with E-state index in [1.165, 1.54) is 0 Å². The molecule has 2 amide bonds. The molecule has 0 heterocycles. The van der Waals surface area contributed by atoms with E-state index in [1.807, 2.05) is 13.0 Å². The van der Waals surface area contributed by atoms with Crippen molar-refractivity contribution in [3.8, 4) is 5.75 Å². The number of anilines is 2. The molecule has 2 aromatic carbocycles. The Hall–Kier alpha value is -2.86. The summed E-state index contributed by atoms with van der Waals surface area (Å²) in [6.45, 7) is 2.77. The largest absolute Gasteiger partial charge is 0.490 e. The molecule has 0 saturated heterocycles. The van der Waals surface area contributed by atoms with Gasteiger partial charge in [0, 0.05) is 24.9 Å². The molecule has 0 aliphatic heterocycles. The lowest BCUT2D eigenvalue weighted by Crippen LogP contribution is -2.15. The highest BCUT2D eigenvalue weighted by Gasteiger charge is 2.12. The molecule has 0 fully saturated rings. The van der Waals surface area contributed by atoms with Gasteiger partial charge < -0.3 is 20.1 Å². The summed E-state index contributed by atoms with van der Waals surface area (Å²) in [5, 5.41) is 5.64. The number of benzene rings is 2. The first-order chi connectivity index (χ1) is 12.6. The van der Waals surface area contributed by atoms with Crippen LogP contribution >= 0.6 is 0 Å². The van der Waals surface area contributed by atoms with Gasteiger partial charge in [0.15, 0.2) is 0 Å². The Morgan fingerprint density at radius 2 is 1.58 bits per heavy atom. The van der Waals surface area contributed by atoms with Crippen LogP contribution in [0, 0.1) is 0 Å². The third-order valence-electron chi connectivity index (χ3n) is 3.58. The Bertz CT molecular complexity index is 729. The monoisotopic (exact) mass is 356 g/mol. The molecule has 0 aromatic heterocycles. The molecule has 26 heavy (non-hydrogen) atoms. The van der Waals surface area contributed by atoms with Crippen LogP contribution in [-0.4, -0.2) is 32.1 Å². The molecule has 0 spiro atoms. The third-order valence-corrected chi connectivity index (χ3v) is 3.58. The quantitative estimate of drug-likeness (QED) is 0.672. The molecule has 0 radical (unpaired) electrons. The van der Waals surface area contributed by atoms with Gasteiger partial charge in [0.1, 0.15) is 12.4 Å². The second kappa shape index (κ2) is 10.2. The Balaban J connectivity index is 2.00. The summed E-state index contributed by atoms with van der Waals surface area (Å²) in [7, 11) is 1.59. The van der Waals surface area contributed by atoms with Crippen molar-refractivity contribution in [1.29, 1.82) is 0 Å². The van der Waals surface area contributed by atoms with Crippen LogP contribution in [-0.2, 0) is 9.53 Å². The van der Waals surface area contributed by atoms with Crippen LogP contribution in [0.2, 0.25) is 0 Å². The molecule has 6 nitrogen and oxygen atoms in total. The first-order valence-corrected chi connectivity index (χ1v) is 8.56. The van der Waals surface area contributed by atoms with E-state index in [0.717, 1.165) is 6.42 Å². The summed E-state index contributed by atoms with van der Waals surface area (Å²) in [6, 6.07) is 14.0. The van der Waals surface area contributed by atoms with Crippen LogP contribution in [0.4, 0.5) is 11.4 Å². The highest BCUT2D eigenvalue weighted by Crippen LogP contribution is 2.20. The van der Waals surface area contributed by atoms with Crippen molar-refractivity contribution in [1.82, 2.24) is 0 Å². The highest BCUT2D eigenvalue weighted by molar-refractivity contribution is 6.06. The molecule has 0 unspecified atom stereocenters. The van der Waals surface area contributed by atoms with E-state index < -0.39 is 0 Å². The number of amides is 2. The number of carbonyl (C=O) groups is 2. The number of rotatable bonds is 9. The van der Waals surface area contributed by atoms with Crippen LogP contribution in [0.25, 0.3) is 0 Å². The topological polar surface area (TPSA) is 76.7 Å². The smallest absolute Gasteiger partial charge is 0.259 e. The number of carbonyl (C=O) groups excluding carboxylic acids is 2. The molecule has 6 heteroatoms. The molecule has 138 valence electrons. The standard InChI is InChI=1S/C20H24N2O4/c1-3-6-19(23)21-15-9-11-16(12-10-15)22-20(24)17-7-4-5-8-18(17)26-14-13-25-2/h4-5,7-12H,3,6,13-14H2,1-2H3,(H,21,23)(H,22,24). The second-order valence-electron chi connectivity index (χ2n) is 5.67. The van der Waals surface area contributed by atoms with Crippen molar-refractivity contribution in [2.45, 2.75) is 19.8 Å². The maximum absolute atomic E-state index is 12.5. The average Bonchev–Trinajstić information content (AvgIpc) is 2.64. The van der Waals surface area contributed by atoms with Gasteiger partial charge in [-0.25, -0.2) is 0 Å². The van der Waals surface area contributed by atoms with Gasteiger partial charge in [-0.05, 0) is 42.8 Å². The molecule has 0 aliphatic carbocycles. The van der Waals surface area contributed by atoms with E-state index in [0.29, 0.717) is 42.3 Å². The fourth-order valence-electron chi connectivity index (χ4n) is 2.30. The molecular weight excluding hydrogens is 332 g/mol. The normalized spacial score (nSPS) is 10.2. The number of para-hydroxylation sites is 1. The zero-order valence-electron chi connectivity index (χ0n) is 15.1. The Morgan fingerprint density at radius 3 is 2.23 bits per heavy atom. The van der Waals surface area contributed by atoms with Crippen molar-refractivity contribution in [3.63, 3.8) is 0 Å². The van der Waals surface area contributed by atoms with Gasteiger partial charge in [-0.2, -0.15) is 0 Å². The van der Waals surface area contributed by atoms with Crippen LogP contribution in [0.1, 0.15) is 30.1 Å². The summed E-state index contributed by atoms with van der Waals surface area (Å²) >= 11 is 0. The van der Waals surface area contributed by atoms with E-state index in [-0.39, 0.29) is 11.8 Å². The molecule has 0 atom stereocenters. The fourth-order valence-corrected chi connectivity index (χ4v) is 2.30. The minimum atomic E-state index is -0.263. The summed E-state index contributed by atoms with van der Waals surface area (Å²) in [6.07, 6.45) is 1.28. The van der Waals surface area contributed by atoms with Gasteiger partial charge in [-0.1, -0.05) is 19.1 Å². The SMILES string of the molecule is CCCC(=O)Nc1ccc(NC(=O)c2ccccc2OCCOC)cc1. The Labute approximate surface area is 153 Å². The van der Waals surface area contributed by atoms with Gasteiger partial charge in [-0.3, -0.25) is 9.59 Å². The van der Waals surface area contributed by atoms with Crippen LogP contribution < -0.4 is 15.4 Å². The number of hydrogen-bond donors (Lipinski definition) is 2. The predicted molar refractivity (Wildman–Crippen MR) is 102 cm³/mol. The van der Waals surface area contributed by atoms with Gasteiger partial charge in [0.25, 0.3) is 5.91 Å². The molecule has 0 bridgehead atoms. The second-order valence-corrected chi connectivity index (χ2v) is 5.67.